The van der Waals surface area contributed by atoms with E-state index in [4.69, 9.17) is 0 Å². The molecule has 1 heterocycles. The van der Waals surface area contributed by atoms with E-state index in [-0.39, 0.29) is 0 Å². The van der Waals surface area contributed by atoms with Crippen LogP contribution in [0.4, 0.5) is 0 Å². The monoisotopic (exact) mass is 512 g/mol. The Labute approximate surface area is 231 Å². The van der Waals surface area contributed by atoms with Gasteiger partial charge in [0.25, 0.3) is 0 Å². The third kappa shape index (κ3) is 3.51. The van der Waals surface area contributed by atoms with Crippen LogP contribution >= 0.6 is 11.3 Å². The molecule has 0 atom stereocenters. The number of hydrogen-bond donors (Lipinski definition) is 0. The summed E-state index contributed by atoms with van der Waals surface area (Å²) in [6.07, 6.45) is 0. The highest BCUT2D eigenvalue weighted by molar-refractivity contribution is 7.26. The van der Waals surface area contributed by atoms with Gasteiger partial charge in [-0.1, -0.05) is 133 Å². The highest BCUT2D eigenvalue weighted by Crippen LogP contribution is 2.46. The molecule has 0 amide bonds. The molecule has 7 aromatic carbocycles. The summed E-state index contributed by atoms with van der Waals surface area (Å²) in [4.78, 5) is 0. The summed E-state index contributed by atoms with van der Waals surface area (Å²) < 4.78 is 2.68. The van der Waals surface area contributed by atoms with E-state index in [0.29, 0.717) is 0 Å². The van der Waals surface area contributed by atoms with Crippen LogP contribution in [0.1, 0.15) is 0 Å². The third-order valence-corrected chi connectivity index (χ3v) is 9.08. The molecule has 0 N–H and O–H groups in total. The maximum Gasteiger partial charge on any atom is 0.0433 e. The van der Waals surface area contributed by atoms with Gasteiger partial charge in [-0.25, -0.2) is 0 Å². The van der Waals surface area contributed by atoms with Crippen molar-refractivity contribution in [3.63, 3.8) is 0 Å². The first-order chi connectivity index (χ1) is 19.4. The van der Waals surface area contributed by atoms with Crippen molar-refractivity contribution in [2.45, 2.75) is 0 Å². The molecule has 39 heavy (non-hydrogen) atoms. The molecule has 0 radical (unpaired) electrons. The average molecular weight is 513 g/mol. The first-order valence-electron chi connectivity index (χ1n) is 13.4. The summed E-state index contributed by atoms with van der Waals surface area (Å²) in [7, 11) is 0. The van der Waals surface area contributed by atoms with Crippen LogP contribution in [0, 0.1) is 0 Å². The second-order valence-electron chi connectivity index (χ2n) is 10.1. The van der Waals surface area contributed by atoms with Crippen LogP contribution in [0.3, 0.4) is 0 Å². The molecule has 182 valence electrons. The largest absolute Gasteiger partial charge is 0.135 e. The minimum absolute atomic E-state index is 1.25. The van der Waals surface area contributed by atoms with Gasteiger partial charge in [0, 0.05) is 20.2 Å². The fourth-order valence-corrected chi connectivity index (χ4v) is 7.37. The van der Waals surface area contributed by atoms with Crippen LogP contribution in [0.2, 0.25) is 0 Å². The lowest BCUT2D eigenvalue weighted by molar-refractivity contribution is 1.66. The Morgan fingerprint density at radius 1 is 0.333 bits per heavy atom. The molecular formula is C38H24S. The molecular weight excluding hydrogens is 488 g/mol. The summed E-state index contributed by atoms with van der Waals surface area (Å²) in [6.45, 7) is 0. The van der Waals surface area contributed by atoms with Gasteiger partial charge in [0.15, 0.2) is 0 Å². The standard InChI is InChI=1S/C38H24S/c1-3-12-25(13-4-1)28-20-11-21-33-34-24-27(22-23-35(34)39-38(28)33)37-31-18-9-7-16-29(31)36(26-14-5-2-6-15-26)30-17-8-10-19-32(30)37/h1-24H. The Morgan fingerprint density at radius 3 is 1.46 bits per heavy atom. The molecule has 0 saturated heterocycles. The maximum absolute atomic E-state index is 2.42. The summed E-state index contributed by atoms with van der Waals surface area (Å²) >= 11 is 1.89. The Bertz CT molecular complexity index is 2090. The zero-order valence-corrected chi connectivity index (χ0v) is 22.1. The van der Waals surface area contributed by atoms with E-state index < -0.39 is 0 Å². The first kappa shape index (κ1) is 22.3. The van der Waals surface area contributed by atoms with E-state index in [1.165, 1.54) is 75.1 Å². The Kier molecular flexibility index (Phi) is 5.11. The second-order valence-corrected chi connectivity index (χ2v) is 11.1. The number of hydrogen-bond acceptors (Lipinski definition) is 1. The van der Waals surface area contributed by atoms with Crippen molar-refractivity contribution >= 4 is 53.1 Å². The van der Waals surface area contributed by atoms with Crippen LogP contribution < -0.4 is 0 Å². The first-order valence-corrected chi connectivity index (χ1v) is 14.2. The fraction of sp³-hybridized carbons (Fsp3) is 0. The summed E-state index contributed by atoms with van der Waals surface area (Å²) in [5.41, 5.74) is 7.70. The zero-order chi connectivity index (χ0) is 25.8. The highest BCUT2D eigenvalue weighted by atomic mass is 32.1. The van der Waals surface area contributed by atoms with Crippen molar-refractivity contribution in [3.05, 3.63) is 146 Å². The van der Waals surface area contributed by atoms with Gasteiger partial charge in [0.1, 0.15) is 0 Å². The Morgan fingerprint density at radius 2 is 0.846 bits per heavy atom. The predicted octanol–water partition coefficient (Wildman–Crippen LogP) is 11.4. The van der Waals surface area contributed by atoms with Gasteiger partial charge < -0.3 is 0 Å². The molecule has 1 aromatic heterocycles. The van der Waals surface area contributed by atoms with E-state index in [9.17, 15) is 0 Å². The van der Waals surface area contributed by atoms with Crippen molar-refractivity contribution < 1.29 is 0 Å². The zero-order valence-electron chi connectivity index (χ0n) is 21.3. The van der Waals surface area contributed by atoms with E-state index in [1.54, 1.807) is 0 Å². The highest BCUT2D eigenvalue weighted by Gasteiger charge is 2.17. The second kappa shape index (κ2) is 8.94. The lowest BCUT2D eigenvalue weighted by Gasteiger charge is -2.17. The molecule has 0 saturated carbocycles. The SMILES string of the molecule is c1ccc(-c2c3ccccc3c(-c3ccc4sc5c(-c6ccccc6)cccc5c4c3)c3ccccc23)cc1. The molecule has 0 nitrogen and oxygen atoms in total. The normalized spacial score (nSPS) is 11.6. The van der Waals surface area contributed by atoms with Crippen LogP contribution in [-0.2, 0) is 0 Å². The molecule has 0 aliphatic heterocycles. The van der Waals surface area contributed by atoms with E-state index in [0.717, 1.165) is 0 Å². The molecule has 1 heteroatoms. The molecule has 0 fully saturated rings. The van der Waals surface area contributed by atoms with Crippen LogP contribution in [-0.4, -0.2) is 0 Å². The van der Waals surface area contributed by atoms with E-state index >= 15 is 0 Å². The maximum atomic E-state index is 2.42. The number of thiophene rings is 1. The van der Waals surface area contributed by atoms with Gasteiger partial charge in [0.2, 0.25) is 0 Å². The van der Waals surface area contributed by atoms with Gasteiger partial charge in [0.05, 0.1) is 0 Å². The van der Waals surface area contributed by atoms with Gasteiger partial charge >= 0.3 is 0 Å². The summed E-state index contributed by atoms with van der Waals surface area (Å²) in [6, 6.07) is 53.1. The molecule has 8 aromatic rings. The molecule has 0 aliphatic rings. The summed E-state index contributed by atoms with van der Waals surface area (Å²) in [5.74, 6) is 0. The van der Waals surface area contributed by atoms with Gasteiger partial charge in [-0.05, 0) is 67.1 Å². The smallest absolute Gasteiger partial charge is 0.0433 e. The quantitative estimate of drug-likeness (QED) is 0.207. The molecule has 8 rings (SSSR count). The van der Waals surface area contributed by atoms with Gasteiger partial charge in [-0.15, -0.1) is 11.3 Å². The predicted molar refractivity (Wildman–Crippen MR) is 171 cm³/mol. The van der Waals surface area contributed by atoms with Gasteiger partial charge in [-0.2, -0.15) is 0 Å². The fourth-order valence-electron chi connectivity index (χ4n) is 6.15. The van der Waals surface area contributed by atoms with E-state index in [2.05, 4.69) is 146 Å². The minimum atomic E-state index is 1.25. The van der Waals surface area contributed by atoms with Crippen molar-refractivity contribution in [1.82, 2.24) is 0 Å². The topological polar surface area (TPSA) is 0 Å². The average Bonchev–Trinajstić information content (AvgIpc) is 3.39. The lowest BCUT2D eigenvalue weighted by Crippen LogP contribution is -1.90. The third-order valence-electron chi connectivity index (χ3n) is 7.86. The van der Waals surface area contributed by atoms with Crippen LogP contribution in [0.25, 0.3) is 75.1 Å². The minimum Gasteiger partial charge on any atom is -0.135 e. The summed E-state index contributed by atoms with van der Waals surface area (Å²) in [5, 5.41) is 7.81. The molecule has 0 spiro atoms. The van der Waals surface area contributed by atoms with Crippen molar-refractivity contribution in [2.75, 3.05) is 0 Å². The van der Waals surface area contributed by atoms with Crippen LogP contribution in [0.15, 0.2) is 146 Å². The Balaban J connectivity index is 1.44. The number of fused-ring (bicyclic) bond motifs is 5. The number of rotatable bonds is 3. The van der Waals surface area contributed by atoms with Crippen molar-refractivity contribution in [2.24, 2.45) is 0 Å². The van der Waals surface area contributed by atoms with Crippen molar-refractivity contribution in [3.8, 4) is 33.4 Å². The Hall–Kier alpha value is -4.72. The lowest BCUT2D eigenvalue weighted by atomic mass is 9.86. The molecule has 0 unspecified atom stereocenters. The van der Waals surface area contributed by atoms with Gasteiger partial charge in [-0.3, -0.25) is 0 Å². The van der Waals surface area contributed by atoms with Crippen LogP contribution in [0.5, 0.6) is 0 Å². The molecule has 0 bridgehead atoms. The number of benzene rings is 7. The van der Waals surface area contributed by atoms with E-state index in [1.807, 2.05) is 11.3 Å². The molecule has 0 aliphatic carbocycles. The van der Waals surface area contributed by atoms with Crippen molar-refractivity contribution in [1.29, 1.82) is 0 Å².